The molecule has 0 aliphatic heterocycles. The van der Waals surface area contributed by atoms with E-state index in [1.165, 1.54) is 24.3 Å². The average Bonchev–Trinajstić information content (AvgIpc) is 2.59. The number of aliphatic carboxylic acids is 1. The molecule has 0 saturated heterocycles. The molecule has 2 rings (SSSR count). The summed E-state index contributed by atoms with van der Waals surface area (Å²) in [5.74, 6) is -2.07. The third kappa shape index (κ3) is 4.03. The third-order valence-electron chi connectivity index (χ3n) is 3.72. The molecule has 0 amide bonds. The second-order valence-electron chi connectivity index (χ2n) is 5.40. The largest absolute Gasteiger partial charge is 0.480 e. The summed E-state index contributed by atoms with van der Waals surface area (Å²) in [5, 5.41) is 20.4. The van der Waals surface area contributed by atoms with Gasteiger partial charge in [-0.25, -0.2) is 12.8 Å². The van der Waals surface area contributed by atoms with Gasteiger partial charge in [0.2, 0.25) is 10.0 Å². The van der Waals surface area contributed by atoms with Gasteiger partial charge in [0, 0.05) is 18.2 Å². The smallest absolute Gasteiger partial charge is 0.321 e. The van der Waals surface area contributed by atoms with Crippen LogP contribution < -0.4 is 0 Å². The van der Waals surface area contributed by atoms with Crippen molar-refractivity contribution in [2.24, 2.45) is 0 Å². The van der Waals surface area contributed by atoms with Crippen molar-refractivity contribution in [3.05, 3.63) is 70.0 Å². The number of nitrogens with zero attached hydrogens (tertiary/aromatic N) is 2. The van der Waals surface area contributed by atoms with Crippen molar-refractivity contribution < 1.29 is 27.6 Å². The summed E-state index contributed by atoms with van der Waals surface area (Å²) < 4.78 is 39.4. The minimum Gasteiger partial charge on any atom is -0.480 e. The highest BCUT2D eigenvalue weighted by atomic mass is 32.2. The molecule has 0 fully saturated rings. The van der Waals surface area contributed by atoms with Crippen LogP contribution in [0, 0.1) is 15.9 Å². The molecule has 0 spiro atoms. The number of sulfonamides is 1. The molecular formula is C16H15FN2O6S. The van der Waals surface area contributed by atoms with E-state index in [0.717, 1.165) is 31.2 Å². The number of rotatable bonds is 7. The topological polar surface area (TPSA) is 118 Å². The number of hydrogen-bond donors (Lipinski definition) is 1. The first-order valence-corrected chi connectivity index (χ1v) is 8.81. The third-order valence-corrected chi connectivity index (χ3v) is 5.65. The van der Waals surface area contributed by atoms with Crippen molar-refractivity contribution in [2.45, 2.75) is 24.4 Å². The Hall–Kier alpha value is -2.85. The van der Waals surface area contributed by atoms with E-state index < -0.39 is 39.3 Å². The summed E-state index contributed by atoms with van der Waals surface area (Å²) in [5.41, 5.74) is -0.291. The minimum atomic E-state index is -4.34. The van der Waals surface area contributed by atoms with E-state index >= 15 is 0 Å². The summed E-state index contributed by atoms with van der Waals surface area (Å²) in [4.78, 5) is 21.5. The number of nitro benzene ring substituents is 1. The van der Waals surface area contributed by atoms with Crippen LogP contribution in [0.25, 0.3) is 0 Å². The molecule has 0 heterocycles. The second-order valence-corrected chi connectivity index (χ2v) is 7.29. The molecule has 2 aromatic rings. The van der Waals surface area contributed by atoms with Crippen molar-refractivity contribution in [3.63, 3.8) is 0 Å². The lowest BCUT2D eigenvalue weighted by atomic mass is 10.1. The number of carbonyl (C=O) groups is 1. The molecule has 138 valence electrons. The normalized spacial score (nSPS) is 12.7. The zero-order chi connectivity index (χ0) is 19.5. The van der Waals surface area contributed by atoms with Crippen LogP contribution in [0.2, 0.25) is 0 Å². The Labute approximate surface area is 148 Å². The Balaban J connectivity index is 2.53. The fraction of sp³-hybridized carbons (Fsp3) is 0.188. The summed E-state index contributed by atoms with van der Waals surface area (Å²) in [7, 11) is -4.34. The Morgan fingerprint density at radius 3 is 2.35 bits per heavy atom. The molecule has 0 unspecified atom stereocenters. The van der Waals surface area contributed by atoms with Crippen molar-refractivity contribution in [2.75, 3.05) is 0 Å². The standard InChI is InChI=1S/C16H15FN2O6S/c1-11(16(20)21)18(10-12-4-2-3-5-15(12)19(22)23)26(24,25)14-8-6-13(17)7-9-14/h2-9,11H,10H2,1H3,(H,20,21)/t11-/m0/s1. The molecule has 0 aliphatic rings. The van der Waals surface area contributed by atoms with Gasteiger partial charge >= 0.3 is 5.97 Å². The van der Waals surface area contributed by atoms with Crippen LogP contribution >= 0.6 is 0 Å². The molecular weight excluding hydrogens is 367 g/mol. The second kappa shape index (κ2) is 7.58. The van der Waals surface area contributed by atoms with Gasteiger partial charge in [-0.1, -0.05) is 18.2 Å². The van der Waals surface area contributed by atoms with Crippen LogP contribution in [0.3, 0.4) is 0 Å². The van der Waals surface area contributed by atoms with E-state index in [9.17, 15) is 32.8 Å². The lowest BCUT2D eigenvalue weighted by Gasteiger charge is -2.25. The molecule has 1 N–H and O–H groups in total. The van der Waals surface area contributed by atoms with E-state index in [4.69, 9.17) is 0 Å². The Morgan fingerprint density at radius 2 is 1.81 bits per heavy atom. The first-order valence-electron chi connectivity index (χ1n) is 7.37. The van der Waals surface area contributed by atoms with Crippen molar-refractivity contribution >= 4 is 21.7 Å². The number of halogens is 1. The van der Waals surface area contributed by atoms with E-state index in [1.54, 1.807) is 0 Å². The molecule has 0 aliphatic carbocycles. The van der Waals surface area contributed by atoms with Crippen molar-refractivity contribution in [1.29, 1.82) is 0 Å². The van der Waals surface area contributed by atoms with Crippen LogP contribution in [-0.2, 0) is 21.4 Å². The van der Waals surface area contributed by atoms with Crippen LogP contribution in [-0.4, -0.2) is 34.8 Å². The van der Waals surface area contributed by atoms with Crippen LogP contribution in [0.4, 0.5) is 10.1 Å². The molecule has 2 aromatic carbocycles. The van der Waals surface area contributed by atoms with Gasteiger partial charge in [-0.15, -0.1) is 0 Å². The summed E-state index contributed by atoms with van der Waals surface area (Å²) in [6.45, 7) is 0.627. The van der Waals surface area contributed by atoms with Gasteiger partial charge in [0.15, 0.2) is 0 Å². The molecule has 0 radical (unpaired) electrons. The maximum Gasteiger partial charge on any atom is 0.321 e. The fourth-order valence-corrected chi connectivity index (χ4v) is 3.85. The zero-order valence-corrected chi connectivity index (χ0v) is 14.4. The predicted molar refractivity (Wildman–Crippen MR) is 89.3 cm³/mol. The van der Waals surface area contributed by atoms with Gasteiger partial charge in [-0.3, -0.25) is 14.9 Å². The molecule has 26 heavy (non-hydrogen) atoms. The number of hydrogen-bond acceptors (Lipinski definition) is 5. The Morgan fingerprint density at radius 1 is 1.23 bits per heavy atom. The Bertz CT molecular complexity index is 930. The van der Waals surface area contributed by atoms with Crippen molar-refractivity contribution in [3.8, 4) is 0 Å². The lowest BCUT2D eigenvalue weighted by Crippen LogP contribution is -2.42. The quantitative estimate of drug-likeness (QED) is 0.580. The highest BCUT2D eigenvalue weighted by Gasteiger charge is 2.34. The van der Waals surface area contributed by atoms with Crippen LogP contribution in [0.15, 0.2) is 53.4 Å². The zero-order valence-electron chi connectivity index (χ0n) is 13.6. The number of para-hydroxylation sites is 1. The highest BCUT2D eigenvalue weighted by Crippen LogP contribution is 2.25. The van der Waals surface area contributed by atoms with Crippen LogP contribution in [0.5, 0.6) is 0 Å². The molecule has 0 bridgehead atoms. The average molecular weight is 382 g/mol. The van der Waals surface area contributed by atoms with Gasteiger partial charge < -0.3 is 5.11 Å². The van der Waals surface area contributed by atoms with Gasteiger partial charge in [0.1, 0.15) is 11.9 Å². The number of benzene rings is 2. The SMILES string of the molecule is C[C@@H](C(=O)O)N(Cc1ccccc1[N+](=O)[O-])S(=O)(=O)c1ccc(F)cc1. The van der Waals surface area contributed by atoms with Gasteiger partial charge in [-0.2, -0.15) is 4.31 Å². The minimum absolute atomic E-state index is 0.0382. The maximum absolute atomic E-state index is 13.1. The molecule has 0 saturated carbocycles. The van der Waals surface area contributed by atoms with Gasteiger partial charge in [0.05, 0.1) is 9.82 Å². The van der Waals surface area contributed by atoms with E-state index in [0.29, 0.717) is 4.31 Å². The summed E-state index contributed by atoms with van der Waals surface area (Å²) in [6, 6.07) is 7.83. The Kier molecular flexibility index (Phi) is 5.68. The highest BCUT2D eigenvalue weighted by molar-refractivity contribution is 7.89. The molecule has 1 atom stereocenters. The lowest BCUT2D eigenvalue weighted by molar-refractivity contribution is -0.385. The van der Waals surface area contributed by atoms with Crippen LogP contribution in [0.1, 0.15) is 12.5 Å². The van der Waals surface area contributed by atoms with Gasteiger partial charge in [0.25, 0.3) is 5.69 Å². The number of carboxylic acid groups (broad SMARTS) is 1. The van der Waals surface area contributed by atoms with Gasteiger partial charge in [-0.05, 0) is 31.2 Å². The maximum atomic E-state index is 13.1. The fourth-order valence-electron chi connectivity index (χ4n) is 2.29. The summed E-state index contributed by atoms with van der Waals surface area (Å²) >= 11 is 0. The van der Waals surface area contributed by atoms with Crippen molar-refractivity contribution in [1.82, 2.24) is 4.31 Å². The molecule has 0 aromatic heterocycles. The number of carboxylic acids is 1. The predicted octanol–water partition coefficient (Wildman–Crippen LogP) is 2.40. The summed E-state index contributed by atoms with van der Waals surface area (Å²) in [6.07, 6.45) is 0. The number of nitro groups is 1. The van der Waals surface area contributed by atoms with E-state index in [-0.39, 0.29) is 16.1 Å². The molecule has 8 nitrogen and oxygen atoms in total. The van der Waals surface area contributed by atoms with E-state index in [2.05, 4.69) is 0 Å². The van der Waals surface area contributed by atoms with E-state index in [1.807, 2.05) is 0 Å². The monoisotopic (exact) mass is 382 g/mol. The first kappa shape index (κ1) is 19.5. The molecule has 10 heteroatoms. The first-order chi connectivity index (χ1) is 12.1.